The molecule has 7 aromatic carbocycles. The molecule has 3 heteroatoms. The van der Waals surface area contributed by atoms with Gasteiger partial charge in [-0.3, -0.25) is 0 Å². The predicted molar refractivity (Wildman–Crippen MR) is 188 cm³/mol. The first kappa shape index (κ1) is 25.4. The van der Waals surface area contributed by atoms with Crippen LogP contribution in [0.1, 0.15) is 0 Å². The minimum atomic E-state index is 0.890. The van der Waals surface area contributed by atoms with E-state index in [1.54, 1.807) is 0 Å². The van der Waals surface area contributed by atoms with Gasteiger partial charge in [0, 0.05) is 44.3 Å². The second-order valence-corrected chi connectivity index (χ2v) is 11.4. The van der Waals surface area contributed by atoms with Gasteiger partial charge < -0.3 is 13.9 Å². The zero-order valence-electron chi connectivity index (χ0n) is 24.5. The van der Waals surface area contributed by atoms with E-state index < -0.39 is 0 Å². The third-order valence-electron chi connectivity index (χ3n) is 8.78. The third-order valence-corrected chi connectivity index (χ3v) is 8.78. The van der Waals surface area contributed by atoms with Crippen LogP contribution in [0, 0.1) is 0 Å². The highest BCUT2D eigenvalue weighted by atomic mass is 16.3. The molecule has 0 spiro atoms. The van der Waals surface area contributed by atoms with E-state index in [1.165, 1.54) is 32.9 Å². The molecule has 212 valence electrons. The molecule has 0 amide bonds. The lowest BCUT2D eigenvalue weighted by Crippen LogP contribution is -2.09. The fourth-order valence-corrected chi connectivity index (χ4v) is 6.69. The van der Waals surface area contributed by atoms with E-state index in [9.17, 15) is 0 Å². The zero-order valence-corrected chi connectivity index (χ0v) is 24.5. The van der Waals surface area contributed by atoms with Gasteiger partial charge in [0.05, 0.1) is 11.0 Å². The van der Waals surface area contributed by atoms with Gasteiger partial charge in [-0.25, -0.2) is 0 Å². The maximum atomic E-state index is 6.19. The summed E-state index contributed by atoms with van der Waals surface area (Å²) in [7, 11) is 0. The molecule has 0 aliphatic carbocycles. The lowest BCUT2D eigenvalue weighted by atomic mass is 10.0. The molecule has 0 aliphatic heterocycles. The second-order valence-electron chi connectivity index (χ2n) is 11.4. The lowest BCUT2D eigenvalue weighted by Gasteiger charge is -2.26. The highest BCUT2D eigenvalue weighted by Gasteiger charge is 2.19. The van der Waals surface area contributed by atoms with Gasteiger partial charge in [-0.15, -0.1) is 0 Å². The Hall–Kier alpha value is -6.06. The van der Waals surface area contributed by atoms with Gasteiger partial charge in [0.15, 0.2) is 0 Å². The van der Waals surface area contributed by atoms with E-state index in [1.807, 2.05) is 12.1 Å². The van der Waals surface area contributed by atoms with Gasteiger partial charge in [0.1, 0.15) is 11.2 Å². The fraction of sp³-hybridized carbons (Fsp3) is 0. The number of rotatable bonds is 5. The smallest absolute Gasteiger partial charge is 0.135 e. The molecule has 0 aliphatic rings. The van der Waals surface area contributed by atoms with Crippen LogP contribution in [-0.4, -0.2) is 4.57 Å². The maximum Gasteiger partial charge on any atom is 0.135 e. The first-order valence-corrected chi connectivity index (χ1v) is 15.3. The molecule has 0 saturated heterocycles. The normalized spacial score (nSPS) is 11.6. The number of fused-ring (bicyclic) bond motifs is 6. The second kappa shape index (κ2) is 10.3. The van der Waals surface area contributed by atoms with Gasteiger partial charge in [0.25, 0.3) is 0 Å². The average Bonchev–Trinajstić information content (AvgIpc) is 3.65. The van der Waals surface area contributed by atoms with Gasteiger partial charge in [0.2, 0.25) is 0 Å². The topological polar surface area (TPSA) is 21.3 Å². The SMILES string of the molecule is c1ccc(-c2ccc(N(c3ccc4oc5ccccc5c4c3)c3ccc4c(c3)c3ccccc3n4-c3ccccc3)cc2)cc1. The standard InChI is InChI=1S/C42H28N2O/c1-3-11-29(12-4-1)30-19-21-32(22-20-30)43(34-24-26-42-38(28-34)36-16-8-10-18-41(36)45-42)33-23-25-40-37(27-33)35-15-7-9-17-39(35)44(40)31-13-5-2-6-14-31/h1-28H. The van der Waals surface area contributed by atoms with Crippen molar-refractivity contribution in [3.63, 3.8) is 0 Å². The molecule has 2 heterocycles. The molecule has 0 atom stereocenters. The highest BCUT2D eigenvalue weighted by Crippen LogP contribution is 2.42. The molecule has 3 nitrogen and oxygen atoms in total. The maximum absolute atomic E-state index is 6.19. The Balaban J connectivity index is 1.26. The number of benzene rings is 7. The van der Waals surface area contributed by atoms with Crippen LogP contribution in [0.25, 0.3) is 60.6 Å². The Kier molecular flexibility index (Phi) is 5.82. The molecule has 0 fully saturated rings. The molecule has 0 saturated carbocycles. The number of furan rings is 1. The Morgan fingerprint density at radius 3 is 1.73 bits per heavy atom. The predicted octanol–water partition coefficient (Wildman–Crippen LogP) is 11.8. The summed E-state index contributed by atoms with van der Waals surface area (Å²) < 4.78 is 8.55. The van der Waals surface area contributed by atoms with Crippen molar-refractivity contribution in [2.75, 3.05) is 4.90 Å². The van der Waals surface area contributed by atoms with Crippen LogP contribution in [-0.2, 0) is 0 Å². The van der Waals surface area contributed by atoms with Crippen LogP contribution in [0.5, 0.6) is 0 Å². The molecule has 9 rings (SSSR count). The Bertz CT molecular complexity index is 2470. The Morgan fingerprint density at radius 1 is 0.378 bits per heavy atom. The van der Waals surface area contributed by atoms with Crippen LogP contribution in [0.2, 0.25) is 0 Å². The first-order valence-electron chi connectivity index (χ1n) is 15.3. The van der Waals surface area contributed by atoms with Gasteiger partial charge in [-0.05, 0) is 83.9 Å². The summed E-state index contributed by atoms with van der Waals surface area (Å²) in [5.74, 6) is 0. The van der Waals surface area contributed by atoms with Crippen molar-refractivity contribution in [1.82, 2.24) is 4.57 Å². The van der Waals surface area contributed by atoms with E-state index in [2.05, 4.69) is 167 Å². The van der Waals surface area contributed by atoms with Crippen molar-refractivity contribution >= 4 is 60.8 Å². The number of hydrogen-bond acceptors (Lipinski definition) is 2. The third kappa shape index (κ3) is 4.21. The van der Waals surface area contributed by atoms with Crippen molar-refractivity contribution in [3.05, 3.63) is 170 Å². The largest absolute Gasteiger partial charge is 0.456 e. The van der Waals surface area contributed by atoms with Gasteiger partial charge >= 0.3 is 0 Å². The lowest BCUT2D eigenvalue weighted by molar-refractivity contribution is 0.669. The van der Waals surface area contributed by atoms with E-state index in [0.717, 1.165) is 44.7 Å². The molecular formula is C42H28N2O. The molecule has 0 unspecified atom stereocenters. The summed E-state index contributed by atoms with van der Waals surface area (Å²) in [6.45, 7) is 0. The molecule has 0 radical (unpaired) electrons. The number of nitrogens with zero attached hydrogens (tertiary/aromatic N) is 2. The van der Waals surface area contributed by atoms with Crippen LogP contribution >= 0.6 is 0 Å². The molecule has 9 aromatic rings. The highest BCUT2D eigenvalue weighted by molar-refractivity contribution is 6.11. The van der Waals surface area contributed by atoms with E-state index in [-0.39, 0.29) is 0 Å². The van der Waals surface area contributed by atoms with Crippen LogP contribution < -0.4 is 4.90 Å². The van der Waals surface area contributed by atoms with Crippen LogP contribution in [0.3, 0.4) is 0 Å². The minimum Gasteiger partial charge on any atom is -0.456 e. The molecule has 45 heavy (non-hydrogen) atoms. The van der Waals surface area contributed by atoms with Crippen molar-refractivity contribution in [3.8, 4) is 16.8 Å². The van der Waals surface area contributed by atoms with Crippen LogP contribution in [0.15, 0.2) is 174 Å². The molecule has 0 bridgehead atoms. The summed E-state index contributed by atoms with van der Waals surface area (Å²) in [5, 5.41) is 4.67. The number of anilines is 3. The van der Waals surface area contributed by atoms with E-state index in [0.29, 0.717) is 0 Å². The summed E-state index contributed by atoms with van der Waals surface area (Å²) >= 11 is 0. The van der Waals surface area contributed by atoms with E-state index >= 15 is 0 Å². The monoisotopic (exact) mass is 576 g/mol. The van der Waals surface area contributed by atoms with Crippen molar-refractivity contribution < 1.29 is 4.42 Å². The Morgan fingerprint density at radius 2 is 0.933 bits per heavy atom. The van der Waals surface area contributed by atoms with E-state index in [4.69, 9.17) is 4.42 Å². The first-order chi connectivity index (χ1) is 22.3. The molecule has 2 aromatic heterocycles. The van der Waals surface area contributed by atoms with Crippen molar-refractivity contribution in [2.45, 2.75) is 0 Å². The van der Waals surface area contributed by atoms with Gasteiger partial charge in [-0.2, -0.15) is 0 Å². The number of hydrogen-bond donors (Lipinski definition) is 0. The summed E-state index contributed by atoms with van der Waals surface area (Å²) in [6, 6.07) is 60.3. The average molecular weight is 577 g/mol. The zero-order chi connectivity index (χ0) is 29.7. The molecular weight excluding hydrogens is 548 g/mol. The Labute approximate surface area is 260 Å². The summed E-state index contributed by atoms with van der Waals surface area (Å²) in [5.41, 5.74) is 11.0. The molecule has 0 N–H and O–H groups in total. The van der Waals surface area contributed by atoms with Crippen LogP contribution in [0.4, 0.5) is 17.1 Å². The minimum absolute atomic E-state index is 0.890. The quantitative estimate of drug-likeness (QED) is 0.203. The summed E-state index contributed by atoms with van der Waals surface area (Å²) in [4.78, 5) is 2.35. The van der Waals surface area contributed by atoms with Crippen molar-refractivity contribution in [1.29, 1.82) is 0 Å². The fourth-order valence-electron chi connectivity index (χ4n) is 6.69. The van der Waals surface area contributed by atoms with Crippen molar-refractivity contribution in [2.24, 2.45) is 0 Å². The number of para-hydroxylation sites is 3. The number of aromatic nitrogens is 1. The summed E-state index contributed by atoms with van der Waals surface area (Å²) in [6.07, 6.45) is 0. The van der Waals surface area contributed by atoms with Gasteiger partial charge in [-0.1, -0.05) is 97.1 Å².